The topological polar surface area (TPSA) is 90.6 Å². The maximum absolute atomic E-state index is 12.7. The van der Waals surface area contributed by atoms with Crippen LogP contribution in [0.15, 0.2) is 36.7 Å². The van der Waals surface area contributed by atoms with Gasteiger partial charge in [0.25, 0.3) is 5.91 Å². The molecule has 194 valence electrons. The first-order chi connectivity index (χ1) is 16.7. The second-order valence-electron chi connectivity index (χ2n) is 9.87. The van der Waals surface area contributed by atoms with Crippen LogP contribution < -0.4 is 5.32 Å². The second kappa shape index (κ2) is 14.5. The van der Waals surface area contributed by atoms with Gasteiger partial charge in [-0.3, -0.25) is 9.69 Å². The van der Waals surface area contributed by atoms with Crippen molar-refractivity contribution in [1.82, 2.24) is 25.1 Å². The molecule has 2 N–H and O–H groups in total. The Morgan fingerprint density at radius 2 is 1.69 bits per heavy atom. The van der Waals surface area contributed by atoms with Crippen molar-refractivity contribution in [2.75, 3.05) is 26.2 Å². The minimum atomic E-state index is -0.593. The molecule has 0 aliphatic carbocycles. The molecule has 2 rings (SSSR count). The van der Waals surface area contributed by atoms with E-state index in [-0.39, 0.29) is 5.91 Å². The molecular formula is C27H43N5O3. The molecule has 2 aromatic rings. The van der Waals surface area contributed by atoms with E-state index in [1.54, 1.807) is 29.4 Å². The molecule has 0 fully saturated rings. The van der Waals surface area contributed by atoms with Gasteiger partial charge in [-0.1, -0.05) is 26.0 Å². The smallest absolute Gasteiger partial charge is 0.410 e. The molecule has 8 nitrogen and oxygen atoms in total. The number of imidazole rings is 1. The SMILES string of the molecule is CCCN(CCC)CCCCNC(=O)c1ccc(CN(Cc2ncc[nH]2)C(=O)OC(C)(C)C)cc1. The standard InChI is InChI=1S/C27H43N5O3/c1-6-17-31(18-7-2)19-9-8-14-30-25(33)23-12-10-22(11-13-23)20-32(21-24-28-15-16-29-24)26(34)35-27(3,4)5/h10-13,15-16H,6-9,14,17-21H2,1-5H3,(H,28,29)(H,30,33). The quantitative estimate of drug-likeness (QED) is 0.368. The molecular weight excluding hydrogens is 442 g/mol. The van der Waals surface area contributed by atoms with Gasteiger partial charge in [0.05, 0.1) is 6.54 Å². The van der Waals surface area contributed by atoms with Crippen LogP contribution >= 0.6 is 0 Å². The molecule has 1 heterocycles. The Morgan fingerprint density at radius 3 is 2.26 bits per heavy atom. The minimum Gasteiger partial charge on any atom is -0.444 e. The van der Waals surface area contributed by atoms with Crippen LogP contribution in [0.25, 0.3) is 0 Å². The zero-order valence-electron chi connectivity index (χ0n) is 22.1. The Balaban J connectivity index is 1.86. The monoisotopic (exact) mass is 485 g/mol. The zero-order valence-corrected chi connectivity index (χ0v) is 22.1. The lowest BCUT2D eigenvalue weighted by molar-refractivity contribution is 0.0211. The summed E-state index contributed by atoms with van der Waals surface area (Å²) in [5.74, 6) is 0.606. The van der Waals surface area contributed by atoms with E-state index in [0.717, 1.165) is 38.0 Å². The van der Waals surface area contributed by atoms with Crippen molar-refractivity contribution in [3.8, 4) is 0 Å². The highest BCUT2D eigenvalue weighted by molar-refractivity contribution is 5.94. The molecule has 0 saturated carbocycles. The molecule has 1 aromatic carbocycles. The fourth-order valence-electron chi connectivity index (χ4n) is 3.79. The Hall–Kier alpha value is -2.87. The number of nitrogens with zero attached hydrogens (tertiary/aromatic N) is 3. The first-order valence-corrected chi connectivity index (χ1v) is 12.8. The predicted octanol–water partition coefficient (Wildman–Crippen LogP) is 4.98. The number of rotatable bonds is 14. The van der Waals surface area contributed by atoms with E-state index in [4.69, 9.17) is 4.74 Å². The van der Waals surface area contributed by atoms with E-state index in [1.165, 1.54) is 12.8 Å². The lowest BCUT2D eigenvalue weighted by Crippen LogP contribution is -2.36. The first kappa shape index (κ1) is 28.4. The number of hydrogen-bond donors (Lipinski definition) is 2. The number of ether oxygens (including phenoxy) is 1. The molecule has 8 heteroatoms. The maximum Gasteiger partial charge on any atom is 0.410 e. The lowest BCUT2D eigenvalue weighted by atomic mass is 10.1. The summed E-state index contributed by atoms with van der Waals surface area (Å²) < 4.78 is 5.57. The predicted molar refractivity (Wildman–Crippen MR) is 139 cm³/mol. The summed E-state index contributed by atoms with van der Waals surface area (Å²) in [6, 6.07) is 7.35. The fraction of sp³-hybridized carbons (Fsp3) is 0.593. The van der Waals surface area contributed by atoms with E-state index < -0.39 is 11.7 Å². The Bertz CT molecular complexity index is 869. The molecule has 1 aromatic heterocycles. The van der Waals surface area contributed by atoms with Crippen molar-refractivity contribution in [3.63, 3.8) is 0 Å². The van der Waals surface area contributed by atoms with Crippen LogP contribution in [0.1, 0.15) is 82.0 Å². The molecule has 0 atom stereocenters. The summed E-state index contributed by atoms with van der Waals surface area (Å²) in [4.78, 5) is 36.6. The summed E-state index contributed by atoms with van der Waals surface area (Å²) >= 11 is 0. The van der Waals surface area contributed by atoms with Crippen molar-refractivity contribution in [2.45, 2.75) is 79.0 Å². The van der Waals surface area contributed by atoms with Crippen LogP contribution in [0.3, 0.4) is 0 Å². The van der Waals surface area contributed by atoms with Gasteiger partial charge in [-0.25, -0.2) is 9.78 Å². The fourth-order valence-corrected chi connectivity index (χ4v) is 3.79. The van der Waals surface area contributed by atoms with E-state index in [1.807, 2.05) is 32.9 Å². The van der Waals surface area contributed by atoms with Gasteiger partial charge in [0.2, 0.25) is 0 Å². The van der Waals surface area contributed by atoms with Gasteiger partial charge in [-0.15, -0.1) is 0 Å². The number of unbranched alkanes of at least 4 members (excludes halogenated alkanes) is 1. The number of benzene rings is 1. The average molecular weight is 486 g/mol. The van der Waals surface area contributed by atoms with Gasteiger partial charge in [0.1, 0.15) is 11.4 Å². The number of aromatic nitrogens is 2. The summed E-state index contributed by atoms with van der Waals surface area (Å²) in [7, 11) is 0. The van der Waals surface area contributed by atoms with Gasteiger partial charge in [0.15, 0.2) is 0 Å². The molecule has 0 bridgehead atoms. The molecule has 0 radical (unpaired) electrons. The number of nitrogens with one attached hydrogen (secondary N) is 2. The minimum absolute atomic E-state index is 0.0740. The molecule has 0 aliphatic rings. The highest BCUT2D eigenvalue weighted by atomic mass is 16.6. The van der Waals surface area contributed by atoms with Gasteiger partial charge in [-0.05, 0) is 83.8 Å². The van der Waals surface area contributed by atoms with Crippen LogP contribution in [-0.4, -0.2) is 63.5 Å². The van der Waals surface area contributed by atoms with Crippen LogP contribution in [0.5, 0.6) is 0 Å². The maximum atomic E-state index is 12.7. The van der Waals surface area contributed by atoms with E-state index in [0.29, 0.717) is 31.0 Å². The Kier molecular flexibility index (Phi) is 11.8. The first-order valence-electron chi connectivity index (χ1n) is 12.8. The van der Waals surface area contributed by atoms with Crippen molar-refractivity contribution in [1.29, 1.82) is 0 Å². The van der Waals surface area contributed by atoms with Crippen LogP contribution in [0.2, 0.25) is 0 Å². The number of amides is 2. The third kappa shape index (κ3) is 10.9. The summed E-state index contributed by atoms with van der Waals surface area (Å²) in [6.07, 6.45) is 7.36. The van der Waals surface area contributed by atoms with Gasteiger partial charge < -0.3 is 19.9 Å². The second-order valence-corrected chi connectivity index (χ2v) is 9.87. The highest BCUT2D eigenvalue weighted by Crippen LogP contribution is 2.15. The van der Waals surface area contributed by atoms with Crippen LogP contribution in [0.4, 0.5) is 4.79 Å². The normalized spacial score (nSPS) is 11.5. The van der Waals surface area contributed by atoms with Crippen molar-refractivity contribution < 1.29 is 14.3 Å². The third-order valence-electron chi connectivity index (χ3n) is 5.40. The van der Waals surface area contributed by atoms with Crippen LogP contribution in [-0.2, 0) is 17.8 Å². The molecule has 2 amide bonds. The molecule has 0 aliphatic heterocycles. The molecule has 0 saturated heterocycles. The number of carbonyl (C=O) groups excluding carboxylic acids is 2. The lowest BCUT2D eigenvalue weighted by Gasteiger charge is -2.27. The number of hydrogen-bond acceptors (Lipinski definition) is 5. The van der Waals surface area contributed by atoms with E-state index in [9.17, 15) is 9.59 Å². The van der Waals surface area contributed by atoms with Crippen molar-refractivity contribution in [2.24, 2.45) is 0 Å². The van der Waals surface area contributed by atoms with Gasteiger partial charge >= 0.3 is 6.09 Å². The van der Waals surface area contributed by atoms with Gasteiger partial charge in [0, 0.05) is 31.0 Å². The Morgan fingerprint density at radius 1 is 1.00 bits per heavy atom. The summed E-state index contributed by atoms with van der Waals surface area (Å²) in [5, 5.41) is 3.02. The Labute approximate surface area is 210 Å². The molecule has 35 heavy (non-hydrogen) atoms. The van der Waals surface area contributed by atoms with Gasteiger partial charge in [-0.2, -0.15) is 0 Å². The largest absolute Gasteiger partial charge is 0.444 e. The van der Waals surface area contributed by atoms with E-state index >= 15 is 0 Å². The summed E-state index contributed by atoms with van der Waals surface area (Å²) in [5.41, 5.74) is 0.929. The highest BCUT2D eigenvalue weighted by Gasteiger charge is 2.23. The van der Waals surface area contributed by atoms with Crippen molar-refractivity contribution in [3.05, 3.63) is 53.6 Å². The average Bonchev–Trinajstić information content (AvgIpc) is 3.31. The molecule has 0 spiro atoms. The van der Waals surface area contributed by atoms with Crippen LogP contribution in [0, 0.1) is 0 Å². The number of aromatic amines is 1. The summed E-state index contributed by atoms with van der Waals surface area (Å²) in [6.45, 7) is 14.6. The number of carbonyl (C=O) groups is 2. The molecule has 0 unspecified atom stereocenters. The van der Waals surface area contributed by atoms with Crippen molar-refractivity contribution >= 4 is 12.0 Å². The number of H-pyrrole nitrogens is 1. The zero-order chi connectivity index (χ0) is 25.7. The van der Waals surface area contributed by atoms with E-state index in [2.05, 4.69) is 34.0 Å². The third-order valence-corrected chi connectivity index (χ3v) is 5.40.